The van der Waals surface area contributed by atoms with Crippen molar-refractivity contribution in [3.63, 3.8) is 0 Å². The Hall–Kier alpha value is -2.78. The van der Waals surface area contributed by atoms with E-state index in [1.165, 1.54) is 16.4 Å². The summed E-state index contributed by atoms with van der Waals surface area (Å²) in [6.07, 6.45) is 1.70. The van der Waals surface area contributed by atoms with Crippen LogP contribution in [0.5, 0.6) is 5.75 Å². The molecular weight excluding hydrogens is 397 g/mol. The standard InChI is InChI=1S/C20H18FN3O4S/c21-16-8-6-14(7-9-16)19-22-20(28-23-19)15-11-24(12-15)29(25,26)17-5-1-3-13-4-2-10-27-18(13)17/h1,3,5-9,15H,2,4,10-12H2. The Morgan fingerprint density at radius 2 is 1.90 bits per heavy atom. The van der Waals surface area contributed by atoms with E-state index in [-0.39, 0.29) is 29.7 Å². The summed E-state index contributed by atoms with van der Waals surface area (Å²) in [6.45, 7) is 1.05. The van der Waals surface area contributed by atoms with Gasteiger partial charge in [0.2, 0.25) is 21.7 Å². The van der Waals surface area contributed by atoms with Crippen LogP contribution in [0, 0.1) is 5.82 Å². The van der Waals surface area contributed by atoms with Crippen molar-refractivity contribution in [3.05, 3.63) is 59.7 Å². The van der Waals surface area contributed by atoms with E-state index < -0.39 is 10.0 Å². The number of nitrogens with zero attached hydrogens (tertiary/aromatic N) is 3. The Bertz CT molecular complexity index is 1150. The van der Waals surface area contributed by atoms with Crippen molar-refractivity contribution < 1.29 is 22.1 Å². The Labute approximate surface area is 167 Å². The Morgan fingerprint density at radius 3 is 2.69 bits per heavy atom. The van der Waals surface area contributed by atoms with Gasteiger partial charge in [0, 0.05) is 18.7 Å². The maximum absolute atomic E-state index is 13.1. The summed E-state index contributed by atoms with van der Waals surface area (Å²) in [5, 5.41) is 3.93. The number of fused-ring (bicyclic) bond motifs is 1. The van der Waals surface area contributed by atoms with Gasteiger partial charge in [-0.15, -0.1) is 0 Å². The first-order chi connectivity index (χ1) is 14.0. The van der Waals surface area contributed by atoms with Gasteiger partial charge in [0.15, 0.2) is 0 Å². The van der Waals surface area contributed by atoms with Crippen LogP contribution in [0.1, 0.15) is 23.8 Å². The monoisotopic (exact) mass is 415 g/mol. The minimum atomic E-state index is -3.66. The first-order valence-corrected chi connectivity index (χ1v) is 10.8. The van der Waals surface area contributed by atoms with Crippen LogP contribution in [0.2, 0.25) is 0 Å². The van der Waals surface area contributed by atoms with E-state index in [2.05, 4.69) is 10.1 Å². The highest BCUT2D eigenvalue weighted by Crippen LogP contribution is 2.38. The van der Waals surface area contributed by atoms with Crippen LogP contribution in [0.25, 0.3) is 11.4 Å². The number of para-hydroxylation sites is 1. The second-order valence-corrected chi connectivity index (χ2v) is 9.08. The summed E-state index contributed by atoms with van der Waals surface area (Å²) >= 11 is 0. The van der Waals surface area contributed by atoms with Crippen molar-refractivity contribution in [2.24, 2.45) is 0 Å². The van der Waals surface area contributed by atoms with E-state index in [1.54, 1.807) is 24.3 Å². The summed E-state index contributed by atoms with van der Waals surface area (Å²) < 4.78 is 51.6. The molecule has 1 fully saturated rings. The molecular formula is C20H18FN3O4S. The van der Waals surface area contributed by atoms with Gasteiger partial charge in [-0.1, -0.05) is 17.3 Å². The van der Waals surface area contributed by atoms with E-state index in [9.17, 15) is 12.8 Å². The van der Waals surface area contributed by atoms with Gasteiger partial charge < -0.3 is 9.26 Å². The molecule has 0 atom stereocenters. The number of hydrogen-bond donors (Lipinski definition) is 0. The summed E-state index contributed by atoms with van der Waals surface area (Å²) in [7, 11) is -3.66. The average molecular weight is 415 g/mol. The van der Waals surface area contributed by atoms with Crippen LogP contribution in [-0.4, -0.2) is 42.6 Å². The van der Waals surface area contributed by atoms with Gasteiger partial charge in [-0.3, -0.25) is 0 Å². The average Bonchev–Trinajstić information content (AvgIpc) is 3.16. The molecule has 2 aliphatic heterocycles. The molecule has 0 spiro atoms. The molecule has 150 valence electrons. The quantitative estimate of drug-likeness (QED) is 0.651. The highest BCUT2D eigenvalue weighted by molar-refractivity contribution is 7.89. The predicted octanol–water partition coefficient (Wildman–Crippen LogP) is 2.99. The van der Waals surface area contributed by atoms with Crippen LogP contribution >= 0.6 is 0 Å². The third kappa shape index (κ3) is 3.20. The second kappa shape index (κ2) is 6.93. The lowest BCUT2D eigenvalue weighted by Crippen LogP contribution is -2.48. The molecule has 0 bridgehead atoms. The van der Waals surface area contributed by atoms with Crippen molar-refractivity contribution in [2.75, 3.05) is 19.7 Å². The van der Waals surface area contributed by atoms with Crippen LogP contribution in [-0.2, 0) is 16.4 Å². The molecule has 3 heterocycles. The molecule has 3 aromatic rings. The minimum Gasteiger partial charge on any atom is -0.492 e. The van der Waals surface area contributed by atoms with Crippen molar-refractivity contribution in [2.45, 2.75) is 23.7 Å². The van der Waals surface area contributed by atoms with Crippen LogP contribution in [0.3, 0.4) is 0 Å². The summed E-state index contributed by atoms with van der Waals surface area (Å²) in [6, 6.07) is 11.0. The van der Waals surface area contributed by atoms with Gasteiger partial charge in [0.25, 0.3) is 0 Å². The van der Waals surface area contributed by atoms with Gasteiger partial charge in [-0.2, -0.15) is 9.29 Å². The number of ether oxygens (including phenoxy) is 1. The molecule has 0 N–H and O–H groups in total. The first kappa shape index (κ1) is 18.3. The molecule has 29 heavy (non-hydrogen) atoms. The van der Waals surface area contributed by atoms with E-state index in [1.807, 2.05) is 6.07 Å². The lowest BCUT2D eigenvalue weighted by Gasteiger charge is -2.36. The molecule has 9 heteroatoms. The van der Waals surface area contributed by atoms with Gasteiger partial charge in [0.1, 0.15) is 16.5 Å². The van der Waals surface area contributed by atoms with Crippen LogP contribution in [0.15, 0.2) is 51.9 Å². The fourth-order valence-corrected chi connectivity index (χ4v) is 5.31. The van der Waals surface area contributed by atoms with Crippen molar-refractivity contribution >= 4 is 10.0 Å². The van der Waals surface area contributed by atoms with Crippen LogP contribution < -0.4 is 4.74 Å². The van der Waals surface area contributed by atoms with E-state index >= 15 is 0 Å². The fraction of sp³-hybridized carbons (Fsp3) is 0.300. The van der Waals surface area contributed by atoms with Gasteiger partial charge >= 0.3 is 0 Å². The van der Waals surface area contributed by atoms with E-state index in [4.69, 9.17) is 9.26 Å². The molecule has 0 aliphatic carbocycles. The number of halogens is 1. The lowest BCUT2D eigenvalue weighted by molar-refractivity contribution is 0.215. The SMILES string of the molecule is O=S(=O)(c1cccc2c1OCCC2)N1CC(c2nc(-c3ccc(F)cc3)no2)C1. The number of sulfonamides is 1. The van der Waals surface area contributed by atoms with Gasteiger partial charge in [0.05, 0.1) is 12.5 Å². The summed E-state index contributed by atoms with van der Waals surface area (Å²) in [5.41, 5.74) is 1.56. The number of rotatable bonds is 4. The molecule has 0 amide bonds. The Kier molecular flexibility index (Phi) is 4.36. The third-order valence-electron chi connectivity index (χ3n) is 5.26. The molecule has 2 aliphatic rings. The largest absolute Gasteiger partial charge is 0.492 e. The molecule has 1 saturated heterocycles. The smallest absolute Gasteiger partial charge is 0.246 e. The van der Waals surface area contributed by atoms with Gasteiger partial charge in [-0.25, -0.2) is 12.8 Å². The Morgan fingerprint density at radius 1 is 1.10 bits per heavy atom. The fourth-order valence-electron chi connectivity index (χ4n) is 3.61. The first-order valence-electron chi connectivity index (χ1n) is 9.37. The number of hydrogen-bond acceptors (Lipinski definition) is 6. The van der Waals surface area contributed by atoms with E-state index in [0.29, 0.717) is 29.6 Å². The maximum Gasteiger partial charge on any atom is 0.246 e. The van der Waals surface area contributed by atoms with Crippen molar-refractivity contribution in [3.8, 4) is 17.1 Å². The number of benzene rings is 2. The molecule has 1 aromatic heterocycles. The third-order valence-corrected chi connectivity index (χ3v) is 7.11. The normalized spacial score (nSPS) is 17.4. The molecule has 0 unspecified atom stereocenters. The topological polar surface area (TPSA) is 85.5 Å². The van der Waals surface area contributed by atoms with Gasteiger partial charge in [-0.05, 0) is 48.7 Å². The molecule has 0 radical (unpaired) electrons. The number of aryl methyl sites for hydroxylation is 1. The Balaban J connectivity index is 1.33. The second-order valence-electron chi connectivity index (χ2n) is 7.18. The predicted molar refractivity (Wildman–Crippen MR) is 101 cm³/mol. The minimum absolute atomic E-state index is 0.174. The van der Waals surface area contributed by atoms with E-state index in [0.717, 1.165) is 18.4 Å². The summed E-state index contributed by atoms with van der Waals surface area (Å²) in [4.78, 5) is 4.56. The van der Waals surface area contributed by atoms with Crippen molar-refractivity contribution in [1.29, 1.82) is 0 Å². The van der Waals surface area contributed by atoms with Crippen molar-refractivity contribution in [1.82, 2.24) is 14.4 Å². The lowest BCUT2D eigenvalue weighted by atomic mass is 10.0. The zero-order valence-corrected chi connectivity index (χ0v) is 16.2. The highest BCUT2D eigenvalue weighted by atomic mass is 32.2. The van der Waals surface area contributed by atoms with Crippen LogP contribution in [0.4, 0.5) is 4.39 Å². The highest BCUT2D eigenvalue weighted by Gasteiger charge is 2.42. The zero-order valence-electron chi connectivity index (χ0n) is 15.4. The summed E-state index contributed by atoms with van der Waals surface area (Å²) in [5.74, 6) is 0.684. The molecule has 5 rings (SSSR count). The maximum atomic E-state index is 13.1. The molecule has 7 nitrogen and oxygen atoms in total. The zero-order chi connectivity index (χ0) is 20.0. The molecule has 2 aromatic carbocycles. The number of aromatic nitrogens is 2. The molecule has 0 saturated carbocycles.